The summed E-state index contributed by atoms with van der Waals surface area (Å²) in [6.07, 6.45) is 0.851. The fourth-order valence-corrected chi connectivity index (χ4v) is 4.00. The van der Waals surface area contributed by atoms with Crippen molar-refractivity contribution >= 4 is 17.7 Å². The van der Waals surface area contributed by atoms with Crippen LogP contribution in [0.1, 0.15) is 24.3 Å². The zero-order valence-corrected chi connectivity index (χ0v) is 14.4. The maximum atomic E-state index is 12.5. The molecule has 0 radical (unpaired) electrons. The van der Waals surface area contributed by atoms with Crippen LogP contribution in [0.25, 0.3) is 0 Å². The molecule has 0 unspecified atom stereocenters. The highest BCUT2D eigenvalue weighted by Gasteiger charge is 2.39. The molecule has 1 aromatic carbocycles. The Morgan fingerprint density at radius 1 is 1.27 bits per heavy atom. The van der Waals surface area contributed by atoms with Gasteiger partial charge in [0.2, 0.25) is 5.91 Å². The van der Waals surface area contributed by atoms with E-state index in [0.717, 1.165) is 18.5 Å². The van der Waals surface area contributed by atoms with E-state index in [1.54, 1.807) is 26.0 Å². The molecule has 1 amide bonds. The van der Waals surface area contributed by atoms with Crippen LogP contribution in [0.3, 0.4) is 0 Å². The van der Waals surface area contributed by atoms with E-state index in [2.05, 4.69) is 12.2 Å². The minimum atomic E-state index is 0.0330. The average Bonchev–Trinajstić information content (AvgIpc) is 2.88. The first-order chi connectivity index (χ1) is 10.7. The number of hydrogen-bond acceptors (Lipinski definition) is 5. The summed E-state index contributed by atoms with van der Waals surface area (Å²) < 4.78 is 10.7. The molecule has 0 aliphatic carbocycles. The Labute approximate surface area is 136 Å². The average molecular weight is 324 g/mol. The van der Waals surface area contributed by atoms with Crippen molar-refractivity contribution in [1.82, 2.24) is 10.2 Å². The molecule has 1 saturated heterocycles. The van der Waals surface area contributed by atoms with Gasteiger partial charge in [-0.15, -0.1) is 11.8 Å². The molecule has 122 valence electrons. The molecule has 0 bridgehead atoms. The maximum absolute atomic E-state index is 12.5. The lowest BCUT2D eigenvalue weighted by molar-refractivity contribution is -0.130. The maximum Gasteiger partial charge on any atom is 0.236 e. The number of carbonyl (C=O) groups is 1. The van der Waals surface area contributed by atoms with E-state index in [0.29, 0.717) is 18.0 Å². The lowest BCUT2D eigenvalue weighted by atomic mass is 10.1. The molecule has 1 heterocycles. The Balaban J connectivity index is 2.29. The number of likely N-dealkylation sites (N-methyl/N-ethyl adjacent to an activating group) is 1. The summed E-state index contributed by atoms with van der Waals surface area (Å²) in [7, 11) is 5.15. The van der Waals surface area contributed by atoms with Crippen molar-refractivity contribution in [2.75, 3.05) is 34.4 Å². The second-order valence-electron chi connectivity index (χ2n) is 5.13. The standard InChI is InChI=1S/C16H24N2O3S/c1-5-14-15(19)18(9-8-17-2)16(22-14)11-6-7-12(20-3)13(10-11)21-4/h6-7,10,14,16-17H,5,8-9H2,1-4H3/t14-,16+/m0/s1. The zero-order chi connectivity index (χ0) is 16.1. The van der Waals surface area contributed by atoms with Crippen LogP contribution in [0.15, 0.2) is 18.2 Å². The van der Waals surface area contributed by atoms with Crippen LogP contribution in [0.5, 0.6) is 11.5 Å². The van der Waals surface area contributed by atoms with Gasteiger partial charge in [0.05, 0.1) is 19.5 Å². The molecule has 6 heteroatoms. The number of amides is 1. The molecular weight excluding hydrogens is 300 g/mol. The van der Waals surface area contributed by atoms with Gasteiger partial charge in [0.25, 0.3) is 0 Å². The van der Waals surface area contributed by atoms with Gasteiger partial charge in [-0.2, -0.15) is 0 Å². The van der Waals surface area contributed by atoms with E-state index in [-0.39, 0.29) is 16.5 Å². The number of ether oxygens (including phenoxy) is 2. The molecule has 1 fully saturated rings. The molecule has 22 heavy (non-hydrogen) atoms. The van der Waals surface area contributed by atoms with Gasteiger partial charge in [-0.05, 0) is 31.2 Å². The first-order valence-corrected chi connectivity index (χ1v) is 8.43. The molecule has 1 aliphatic rings. The molecule has 1 N–H and O–H groups in total. The van der Waals surface area contributed by atoms with Crippen molar-refractivity contribution in [3.05, 3.63) is 23.8 Å². The van der Waals surface area contributed by atoms with Gasteiger partial charge in [0.1, 0.15) is 5.37 Å². The monoisotopic (exact) mass is 324 g/mol. The summed E-state index contributed by atoms with van der Waals surface area (Å²) in [5.41, 5.74) is 1.07. The molecular formula is C16H24N2O3S. The third kappa shape index (κ3) is 3.33. The lowest BCUT2D eigenvalue weighted by Gasteiger charge is -2.24. The number of rotatable bonds is 7. The smallest absolute Gasteiger partial charge is 0.236 e. The van der Waals surface area contributed by atoms with E-state index in [1.807, 2.05) is 30.1 Å². The van der Waals surface area contributed by atoms with Crippen molar-refractivity contribution in [1.29, 1.82) is 0 Å². The fraction of sp³-hybridized carbons (Fsp3) is 0.562. The summed E-state index contributed by atoms with van der Waals surface area (Å²) in [6, 6.07) is 5.87. The molecule has 0 aromatic heterocycles. The minimum absolute atomic E-state index is 0.0330. The Morgan fingerprint density at radius 3 is 2.59 bits per heavy atom. The Bertz CT molecular complexity index is 524. The number of hydrogen-bond donors (Lipinski definition) is 1. The normalized spacial score (nSPS) is 21.3. The predicted molar refractivity (Wildman–Crippen MR) is 89.6 cm³/mol. The predicted octanol–water partition coefficient (Wildman–Crippen LogP) is 2.28. The second kappa shape index (κ2) is 7.74. The van der Waals surface area contributed by atoms with E-state index < -0.39 is 0 Å². The van der Waals surface area contributed by atoms with Crippen LogP contribution in [0.2, 0.25) is 0 Å². The highest BCUT2D eigenvalue weighted by molar-refractivity contribution is 8.01. The fourth-order valence-electron chi connectivity index (χ4n) is 2.58. The third-order valence-electron chi connectivity index (χ3n) is 3.80. The van der Waals surface area contributed by atoms with Gasteiger partial charge < -0.3 is 19.7 Å². The van der Waals surface area contributed by atoms with E-state index in [4.69, 9.17) is 9.47 Å². The van der Waals surface area contributed by atoms with Gasteiger partial charge >= 0.3 is 0 Å². The number of nitrogens with zero attached hydrogens (tertiary/aromatic N) is 1. The zero-order valence-electron chi connectivity index (χ0n) is 13.6. The minimum Gasteiger partial charge on any atom is -0.493 e. The first kappa shape index (κ1) is 17.0. The summed E-state index contributed by atoms with van der Waals surface area (Å²) in [5.74, 6) is 1.62. The molecule has 1 aliphatic heterocycles. The van der Waals surface area contributed by atoms with Crippen LogP contribution >= 0.6 is 11.8 Å². The molecule has 2 atom stereocenters. The Hall–Kier alpha value is -1.40. The van der Waals surface area contributed by atoms with Gasteiger partial charge in [-0.3, -0.25) is 4.79 Å². The number of carbonyl (C=O) groups excluding carboxylic acids is 1. The number of methoxy groups -OCH3 is 2. The molecule has 5 nitrogen and oxygen atoms in total. The van der Waals surface area contributed by atoms with Gasteiger partial charge in [-0.1, -0.05) is 13.0 Å². The van der Waals surface area contributed by atoms with Crippen molar-refractivity contribution in [2.45, 2.75) is 24.0 Å². The molecule has 0 spiro atoms. The first-order valence-electron chi connectivity index (χ1n) is 7.48. The molecule has 2 rings (SSSR count). The highest BCUT2D eigenvalue weighted by Crippen LogP contribution is 2.45. The highest BCUT2D eigenvalue weighted by atomic mass is 32.2. The number of benzene rings is 1. The third-order valence-corrected chi connectivity index (χ3v) is 5.45. The SMILES string of the molecule is CC[C@@H]1S[C@H](c2ccc(OC)c(OC)c2)N(CCNC)C1=O. The van der Waals surface area contributed by atoms with E-state index in [1.165, 1.54) is 0 Å². The van der Waals surface area contributed by atoms with Gasteiger partial charge in [-0.25, -0.2) is 0 Å². The van der Waals surface area contributed by atoms with Crippen LogP contribution in [0.4, 0.5) is 0 Å². The van der Waals surface area contributed by atoms with Crippen molar-refractivity contribution in [3.63, 3.8) is 0 Å². The van der Waals surface area contributed by atoms with Crippen LogP contribution in [-0.2, 0) is 4.79 Å². The van der Waals surface area contributed by atoms with Crippen LogP contribution in [0, 0.1) is 0 Å². The quantitative estimate of drug-likeness (QED) is 0.834. The molecule has 1 aromatic rings. The second-order valence-corrected chi connectivity index (χ2v) is 6.42. The van der Waals surface area contributed by atoms with Crippen molar-refractivity contribution in [2.24, 2.45) is 0 Å². The van der Waals surface area contributed by atoms with E-state index >= 15 is 0 Å². The Morgan fingerprint density at radius 2 is 2.00 bits per heavy atom. The van der Waals surface area contributed by atoms with Crippen molar-refractivity contribution < 1.29 is 14.3 Å². The summed E-state index contributed by atoms with van der Waals surface area (Å²) in [4.78, 5) is 14.5. The summed E-state index contributed by atoms with van der Waals surface area (Å²) in [6.45, 7) is 3.55. The van der Waals surface area contributed by atoms with Crippen LogP contribution in [-0.4, -0.2) is 50.4 Å². The summed E-state index contributed by atoms with van der Waals surface area (Å²) in [5, 5.41) is 3.18. The van der Waals surface area contributed by atoms with Gasteiger partial charge in [0, 0.05) is 13.1 Å². The summed E-state index contributed by atoms with van der Waals surface area (Å²) >= 11 is 1.72. The topological polar surface area (TPSA) is 50.8 Å². The number of nitrogens with one attached hydrogen (secondary N) is 1. The number of thioether (sulfide) groups is 1. The van der Waals surface area contributed by atoms with Crippen LogP contribution < -0.4 is 14.8 Å². The Kier molecular flexibility index (Phi) is 5.97. The molecule has 0 saturated carbocycles. The lowest BCUT2D eigenvalue weighted by Crippen LogP contribution is -2.35. The van der Waals surface area contributed by atoms with Crippen molar-refractivity contribution in [3.8, 4) is 11.5 Å². The van der Waals surface area contributed by atoms with E-state index in [9.17, 15) is 4.79 Å². The van der Waals surface area contributed by atoms with Gasteiger partial charge in [0.15, 0.2) is 11.5 Å². The largest absolute Gasteiger partial charge is 0.493 e.